The topological polar surface area (TPSA) is 9.23 Å². The van der Waals surface area contributed by atoms with Crippen LogP contribution >= 0.6 is 0 Å². The first-order chi connectivity index (χ1) is 22.8. The van der Waals surface area contributed by atoms with Gasteiger partial charge in [-0.1, -0.05) is 44.7 Å². The van der Waals surface area contributed by atoms with Crippen LogP contribution < -0.4 is 4.74 Å². The highest BCUT2D eigenvalue weighted by atomic mass is 19.3. The highest BCUT2D eigenvalue weighted by Crippen LogP contribution is 2.39. The van der Waals surface area contributed by atoms with Crippen molar-refractivity contribution in [1.82, 2.24) is 0 Å². The van der Waals surface area contributed by atoms with Crippen molar-refractivity contribution in [3.8, 4) is 28.0 Å². The Morgan fingerprint density at radius 2 is 1.23 bits per heavy atom. The van der Waals surface area contributed by atoms with Gasteiger partial charge in [0.05, 0.1) is 0 Å². The number of ether oxygens (including phenoxy) is 1. The molecule has 1 aliphatic carbocycles. The fourth-order valence-corrected chi connectivity index (χ4v) is 6.26. The summed E-state index contributed by atoms with van der Waals surface area (Å²) < 4.78 is 134. The monoisotopic (exact) mass is 676 g/mol. The van der Waals surface area contributed by atoms with Gasteiger partial charge < -0.3 is 4.74 Å². The lowest BCUT2D eigenvalue weighted by atomic mass is 9.77. The molecular formula is C38H33F9O. The van der Waals surface area contributed by atoms with Crippen LogP contribution in [-0.4, -0.2) is 6.11 Å². The number of halogens is 9. The second-order valence-electron chi connectivity index (χ2n) is 12.2. The molecule has 5 rings (SSSR count). The average Bonchev–Trinajstić information content (AvgIpc) is 3.03. The summed E-state index contributed by atoms with van der Waals surface area (Å²) >= 11 is 0. The van der Waals surface area contributed by atoms with Gasteiger partial charge in [-0.25, -0.2) is 30.7 Å². The third-order valence-electron chi connectivity index (χ3n) is 8.85. The summed E-state index contributed by atoms with van der Waals surface area (Å²) in [4.78, 5) is 0. The van der Waals surface area contributed by atoms with Crippen LogP contribution in [0.2, 0.25) is 0 Å². The van der Waals surface area contributed by atoms with Gasteiger partial charge >= 0.3 is 6.11 Å². The van der Waals surface area contributed by atoms with E-state index in [1.54, 1.807) is 6.07 Å². The standard InChI is InChI=1S/C38H33F9O/c1-2-3-4-5-22-6-8-23(9-7-22)24-10-12-28(31(39)16-24)25-17-32(40)30(33(41)18-25)14-15-38(46,47)48-27-11-13-29(34(42)21-27)26-19-35(43)37(45)36(44)20-26/h10-23H,2-9H2,1H3. The second kappa shape index (κ2) is 14.9. The minimum atomic E-state index is -4.18. The third kappa shape index (κ3) is 8.25. The Bertz CT molecular complexity index is 1750. The molecule has 4 aromatic rings. The van der Waals surface area contributed by atoms with Crippen molar-refractivity contribution in [3.05, 3.63) is 119 Å². The summed E-state index contributed by atoms with van der Waals surface area (Å²) in [5.74, 6) is -9.03. The predicted molar refractivity (Wildman–Crippen MR) is 167 cm³/mol. The van der Waals surface area contributed by atoms with Gasteiger partial charge in [-0.2, -0.15) is 8.78 Å². The molecule has 0 aromatic heterocycles. The molecule has 4 aromatic carbocycles. The van der Waals surface area contributed by atoms with E-state index in [-0.39, 0.29) is 28.7 Å². The summed E-state index contributed by atoms with van der Waals surface area (Å²) in [6.45, 7) is 2.17. The molecule has 1 fully saturated rings. The molecule has 0 N–H and O–H groups in total. The van der Waals surface area contributed by atoms with Crippen molar-refractivity contribution in [2.75, 3.05) is 0 Å². The first-order valence-corrected chi connectivity index (χ1v) is 15.8. The lowest BCUT2D eigenvalue weighted by molar-refractivity contribution is -0.131. The van der Waals surface area contributed by atoms with Crippen LogP contribution in [0.5, 0.6) is 5.75 Å². The van der Waals surface area contributed by atoms with E-state index >= 15 is 4.39 Å². The molecule has 0 atom stereocenters. The highest BCUT2D eigenvalue weighted by molar-refractivity contribution is 5.68. The van der Waals surface area contributed by atoms with E-state index < -0.39 is 63.7 Å². The van der Waals surface area contributed by atoms with Crippen LogP contribution in [0.4, 0.5) is 39.5 Å². The minimum Gasteiger partial charge on any atom is -0.429 e. The van der Waals surface area contributed by atoms with Gasteiger partial charge in [-0.3, -0.25) is 0 Å². The largest absolute Gasteiger partial charge is 0.429 e. The molecule has 1 saturated carbocycles. The zero-order valence-electron chi connectivity index (χ0n) is 26.0. The predicted octanol–water partition coefficient (Wildman–Crippen LogP) is 12.5. The Balaban J connectivity index is 1.26. The SMILES string of the molecule is CCCCCC1CCC(c2ccc(-c3cc(F)c(C=CC(F)(F)Oc4ccc(-c5cc(F)c(F)c(F)c5)c(F)c4)c(F)c3)c(F)c2)CC1. The zero-order chi connectivity index (χ0) is 34.6. The lowest BCUT2D eigenvalue weighted by Crippen LogP contribution is -2.21. The molecule has 1 nitrogen and oxygen atoms in total. The van der Waals surface area contributed by atoms with Crippen molar-refractivity contribution >= 4 is 6.08 Å². The number of unbranched alkanes of at least 4 members (excludes halogenated alkanes) is 2. The molecule has 1 aliphatic rings. The van der Waals surface area contributed by atoms with Gasteiger partial charge in [0.25, 0.3) is 0 Å². The summed E-state index contributed by atoms with van der Waals surface area (Å²) in [7, 11) is 0. The molecule has 0 spiro atoms. The first kappa shape index (κ1) is 35.1. The van der Waals surface area contributed by atoms with E-state index in [1.807, 2.05) is 0 Å². The molecule has 254 valence electrons. The third-order valence-corrected chi connectivity index (χ3v) is 8.85. The highest BCUT2D eigenvalue weighted by Gasteiger charge is 2.29. The van der Waals surface area contributed by atoms with Crippen molar-refractivity contribution in [2.24, 2.45) is 5.92 Å². The molecule has 10 heteroatoms. The summed E-state index contributed by atoms with van der Waals surface area (Å²) in [5.41, 5.74) is -0.955. The summed E-state index contributed by atoms with van der Waals surface area (Å²) in [6.07, 6.45) is 5.22. The molecule has 0 saturated heterocycles. The van der Waals surface area contributed by atoms with E-state index in [0.29, 0.717) is 30.2 Å². The maximum atomic E-state index is 15.2. The van der Waals surface area contributed by atoms with Gasteiger partial charge in [0.15, 0.2) is 17.5 Å². The zero-order valence-corrected chi connectivity index (χ0v) is 26.0. The Hall–Kier alpha value is -4.21. The fraction of sp³-hybridized carbons (Fsp3) is 0.316. The van der Waals surface area contributed by atoms with Crippen LogP contribution in [0.3, 0.4) is 0 Å². The average molecular weight is 677 g/mol. The summed E-state index contributed by atoms with van der Waals surface area (Å²) in [5, 5.41) is 0. The number of alkyl halides is 2. The van der Waals surface area contributed by atoms with Gasteiger partial charge in [0, 0.05) is 28.8 Å². The van der Waals surface area contributed by atoms with E-state index in [1.165, 1.54) is 37.8 Å². The number of hydrogen-bond acceptors (Lipinski definition) is 1. The molecule has 0 bridgehead atoms. The first-order valence-electron chi connectivity index (χ1n) is 15.8. The molecule has 0 radical (unpaired) electrons. The van der Waals surface area contributed by atoms with Crippen LogP contribution in [-0.2, 0) is 0 Å². The maximum Gasteiger partial charge on any atom is 0.419 e. The molecule has 0 amide bonds. The fourth-order valence-electron chi connectivity index (χ4n) is 6.26. The molecule has 0 unspecified atom stereocenters. The number of rotatable bonds is 11. The van der Waals surface area contributed by atoms with E-state index in [2.05, 4.69) is 11.7 Å². The smallest absolute Gasteiger partial charge is 0.419 e. The summed E-state index contributed by atoms with van der Waals surface area (Å²) in [6, 6.07) is 9.64. The van der Waals surface area contributed by atoms with Gasteiger partial charge in [-0.05, 0) is 103 Å². The van der Waals surface area contributed by atoms with Crippen molar-refractivity contribution in [2.45, 2.75) is 70.3 Å². The lowest BCUT2D eigenvalue weighted by Gasteiger charge is -2.29. The van der Waals surface area contributed by atoms with Gasteiger partial charge in [-0.15, -0.1) is 0 Å². The van der Waals surface area contributed by atoms with Gasteiger partial charge in [0.1, 0.15) is 29.0 Å². The molecule has 0 aliphatic heterocycles. The van der Waals surface area contributed by atoms with Crippen LogP contribution in [0.25, 0.3) is 28.3 Å². The molecule has 0 heterocycles. The van der Waals surface area contributed by atoms with Crippen LogP contribution in [0, 0.1) is 46.6 Å². The van der Waals surface area contributed by atoms with Crippen molar-refractivity contribution in [3.63, 3.8) is 0 Å². The maximum absolute atomic E-state index is 15.2. The van der Waals surface area contributed by atoms with E-state index in [4.69, 9.17) is 0 Å². The van der Waals surface area contributed by atoms with E-state index in [0.717, 1.165) is 55.5 Å². The number of benzene rings is 4. The van der Waals surface area contributed by atoms with Crippen LogP contribution in [0.1, 0.15) is 75.3 Å². The minimum absolute atomic E-state index is 0.0365. The quantitative estimate of drug-likeness (QED) is 0.0873. The Kier molecular flexibility index (Phi) is 10.9. The normalized spacial score (nSPS) is 16.9. The van der Waals surface area contributed by atoms with Gasteiger partial charge in [0.2, 0.25) is 0 Å². The van der Waals surface area contributed by atoms with Crippen LogP contribution in [0.15, 0.2) is 66.7 Å². The Morgan fingerprint density at radius 3 is 1.79 bits per heavy atom. The van der Waals surface area contributed by atoms with Crippen molar-refractivity contribution in [1.29, 1.82) is 0 Å². The Morgan fingerprint density at radius 1 is 0.667 bits per heavy atom. The molecule has 48 heavy (non-hydrogen) atoms. The Labute approximate surface area is 273 Å². The number of hydrogen-bond donors (Lipinski definition) is 0. The second-order valence-corrected chi connectivity index (χ2v) is 12.2. The van der Waals surface area contributed by atoms with E-state index in [9.17, 15) is 35.1 Å². The molecular weight excluding hydrogens is 643 g/mol. The van der Waals surface area contributed by atoms with Crippen molar-refractivity contribution < 1.29 is 44.3 Å².